The van der Waals surface area contributed by atoms with E-state index in [-0.39, 0.29) is 0 Å². The van der Waals surface area contributed by atoms with Crippen LogP contribution in [-0.2, 0) is 11.4 Å². The average molecular weight is 500 g/mol. The van der Waals surface area contributed by atoms with E-state index in [1.54, 1.807) is 54.6 Å². The van der Waals surface area contributed by atoms with Gasteiger partial charge in [-0.2, -0.15) is 0 Å². The SMILES string of the molecule is CCOc1cc(/C=C2\SC(=O)N(c3ccccc3Cl)C2=O)ccc1OCc1cccc(Cl)c1. The highest BCUT2D eigenvalue weighted by molar-refractivity contribution is 8.19. The molecule has 1 aliphatic heterocycles. The smallest absolute Gasteiger partial charge is 0.298 e. The van der Waals surface area contributed by atoms with Gasteiger partial charge in [-0.25, -0.2) is 4.90 Å². The molecule has 3 aromatic carbocycles. The summed E-state index contributed by atoms with van der Waals surface area (Å²) >= 11 is 13.1. The van der Waals surface area contributed by atoms with Crippen molar-refractivity contribution >= 4 is 57.9 Å². The van der Waals surface area contributed by atoms with E-state index in [1.165, 1.54) is 0 Å². The summed E-state index contributed by atoms with van der Waals surface area (Å²) in [6, 6.07) is 19.5. The van der Waals surface area contributed by atoms with Gasteiger partial charge >= 0.3 is 0 Å². The van der Waals surface area contributed by atoms with Gasteiger partial charge in [-0.15, -0.1) is 0 Å². The summed E-state index contributed by atoms with van der Waals surface area (Å²) in [7, 11) is 0. The first-order chi connectivity index (χ1) is 16.0. The molecule has 0 aliphatic carbocycles. The Morgan fingerprint density at radius 3 is 2.52 bits per heavy atom. The molecule has 168 valence electrons. The lowest BCUT2D eigenvalue weighted by atomic mass is 10.1. The van der Waals surface area contributed by atoms with E-state index in [1.807, 2.05) is 25.1 Å². The molecule has 0 unspecified atom stereocenters. The lowest BCUT2D eigenvalue weighted by Crippen LogP contribution is -2.27. The van der Waals surface area contributed by atoms with Gasteiger partial charge in [-0.3, -0.25) is 9.59 Å². The van der Waals surface area contributed by atoms with Crippen molar-refractivity contribution in [1.29, 1.82) is 0 Å². The van der Waals surface area contributed by atoms with E-state index in [0.717, 1.165) is 22.2 Å². The van der Waals surface area contributed by atoms with Gasteiger partial charge in [0.05, 0.1) is 22.2 Å². The van der Waals surface area contributed by atoms with Gasteiger partial charge in [-0.1, -0.05) is 53.5 Å². The Bertz CT molecular complexity index is 1240. The largest absolute Gasteiger partial charge is 0.490 e. The maximum atomic E-state index is 12.9. The maximum Gasteiger partial charge on any atom is 0.298 e. The Morgan fingerprint density at radius 1 is 0.939 bits per heavy atom. The van der Waals surface area contributed by atoms with Crippen LogP contribution in [0, 0.1) is 0 Å². The zero-order valence-corrected chi connectivity index (χ0v) is 19.9. The molecule has 5 nitrogen and oxygen atoms in total. The van der Waals surface area contributed by atoms with Crippen LogP contribution in [-0.4, -0.2) is 17.8 Å². The normalized spacial score (nSPS) is 14.8. The maximum absolute atomic E-state index is 12.9. The van der Waals surface area contributed by atoms with Crippen LogP contribution in [0.2, 0.25) is 10.0 Å². The Kier molecular flexibility index (Phi) is 7.28. The van der Waals surface area contributed by atoms with Crippen molar-refractivity contribution in [3.8, 4) is 11.5 Å². The lowest BCUT2D eigenvalue weighted by Gasteiger charge is -2.14. The van der Waals surface area contributed by atoms with Crippen molar-refractivity contribution in [2.24, 2.45) is 0 Å². The quantitative estimate of drug-likeness (QED) is 0.321. The molecule has 0 N–H and O–H groups in total. The molecule has 0 radical (unpaired) electrons. The molecule has 3 aromatic rings. The molecule has 1 aliphatic rings. The van der Waals surface area contributed by atoms with Crippen molar-refractivity contribution in [1.82, 2.24) is 0 Å². The van der Waals surface area contributed by atoms with E-state index in [2.05, 4.69) is 0 Å². The molecular weight excluding hydrogens is 481 g/mol. The Balaban J connectivity index is 1.56. The van der Waals surface area contributed by atoms with Crippen LogP contribution < -0.4 is 14.4 Å². The summed E-state index contributed by atoms with van der Waals surface area (Å²) in [6.45, 7) is 2.65. The molecule has 1 fully saturated rings. The average Bonchev–Trinajstić information content (AvgIpc) is 3.06. The molecule has 0 atom stereocenters. The molecule has 0 saturated carbocycles. The van der Waals surface area contributed by atoms with Crippen LogP contribution in [0.3, 0.4) is 0 Å². The number of hydrogen-bond acceptors (Lipinski definition) is 5. The summed E-state index contributed by atoms with van der Waals surface area (Å²) in [4.78, 5) is 26.8. The number of rotatable bonds is 7. The van der Waals surface area contributed by atoms with Gasteiger partial charge in [0.2, 0.25) is 0 Å². The second-order valence-electron chi connectivity index (χ2n) is 7.03. The molecular formula is C25H19Cl2NO4S. The number of hydrogen-bond donors (Lipinski definition) is 0. The summed E-state index contributed by atoms with van der Waals surface area (Å²) in [5.41, 5.74) is 2.00. The zero-order valence-electron chi connectivity index (χ0n) is 17.6. The van der Waals surface area contributed by atoms with Gasteiger partial charge in [0.15, 0.2) is 11.5 Å². The summed E-state index contributed by atoms with van der Waals surface area (Å²) < 4.78 is 11.7. The predicted octanol–water partition coefficient (Wildman–Crippen LogP) is 7.21. The highest BCUT2D eigenvalue weighted by Crippen LogP contribution is 2.39. The minimum absolute atomic E-state index is 0.301. The van der Waals surface area contributed by atoms with Crippen LogP contribution in [0.5, 0.6) is 11.5 Å². The second-order valence-corrected chi connectivity index (χ2v) is 8.86. The van der Waals surface area contributed by atoms with Crippen LogP contribution >= 0.6 is 35.0 Å². The first kappa shape index (κ1) is 23.2. The molecule has 2 amide bonds. The van der Waals surface area contributed by atoms with Crippen LogP contribution in [0.25, 0.3) is 6.08 Å². The molecule has 0 aromatic heterocycles. The number of thioether (sulfide) groups is 1. The third kappa shape index (κ3) is 5.36. The molecule has 0 bridgehead atoms. The Morgan fingerprint density at radius 2 is 1.76 bits per heavy atom. The first-order valence-corrected chi connectivity index (χ1v) is 11.7. The van der Waals surface area contributed by atoms with E-state index in [4.69, 9.17) is 32.7 Å². The van der Waals surface area contributed by atoms with E-state index >= 15 is 0 Å². The standard InChI is InChI=1S/C25H19Cl2NO4S/c1-2-31-22-13-16(10-11-21(22)32-15-17-6-5-7-18(26)12-17)14-23-24(29)28(25(30)33-23)20-9-4-3-8-19(20)27/h3-14H,2,15H2,1H3/b23-14-. The zero-order chi connectivity index (χ0) is 23.4. The topological polar surface area (TPSA) is 55.8 Å². The number of imide groups is 1. The minimum Gasteiger partial charge on any atom is -0.490 e. The highest BCUT2D eigenvalue weighted by atomic mass is 35.5. The van der Waals surface area contributed by atoms with Gasteiger partial charge in [0.1, 0.15) is 6.61 Å². The number of nitrogens with zero attached hydrogens (tertiary/aromatic N) is 1. The highest BCUT2D eigenvalue weighted by Gasteiger charge is 2.37. The third-order valence-corrected chi connectivity index (χ3v) is 6.16. The minimum atomic E-state index is -0.419. The summed E-state index contributed by atoms with van der Waals surface area (Å²) in [5.74, 6) is 0.689. The number of para-hydroxylation sites is 1. The predicted molar refractivity (Wildman–Crippen MR) is 133 cm³/mol. The lowest BCUT2D eigenvalue weighted by molar-refractivity contribution is -0.113. The fraction of sp³-hybridized carbons (Fsp3) is 0.120. The first-order valence-electron chi connectivity index (χ1n) is 10.1. The Labute approximate surface area is 205 Å². The van der Waals surface area contributed by atoms with E-state index in [0.29, 0.717) is 50.9 Å². The molecule has 33 heavy (non-hydrogen) atoms. The van der Waals surface area contributed by atoms with Gasteiger partial charge < -0.3 is 9.47 Å². The molecule has 1 saturated heterocycles. The van der Waals surface area contributed by atoms with Gasteiger partial charge in [0.25, 0.3) is 11.1 Å². The van der Waals surface area contributed by atoms with Crippen LogP contribution in [0.1, 0.15) is 18.1 Å². The van der Waals surface area contributed by atoms with Crippen LogP contribution in [0.4, 0.5) is 10.5 Å². The number of carbonyl (C=O) groups excluding carboxylic acids is 2. The van der Waals surface area contributed by atoms with Gasteiger partial charge in [-0.05, 0) is 72.3 Å². The van der Waals surface area contributed by atoms with Crippen LogP contribution in [0.15, 0.2) is 71.6 Å². The number of halogens is 2. The van der Waals surface area contributed by atoms with Crippen molar-refractivity contribution in [2.45, 2.75) is 13.5 Å². The van der Waals surface area contributed by atoms with Crippen molar-refractivity contribution in [3.63, 3.8) is 0 Å². The Hall–Kier alpha value is -2.93. The summed E-state index contributed by atoms with van der Waals surface area (Å²) in [5, 5.41) is 0.578. The number of carbonyl (C=O) groups is 2. The molecule has 4 rings (SSSR count). The third-order valence-electron chi connectivity index (χ3n) is 4.74. The fourth-order valence-electron chi connectivity index (χ4n) is 3.25. The van der Waals surface area contributed by atoms with Gasteiger partial charge in [0, 0.05) is 5.02 Å². The van der Waals surface area contributed by atoms with E-state index in [9.17, 15) is 9.59 Å². The van der Waals surface area contributed by atoms with Crippen molar-refractivity contribution < 1.29 is 19.1 Å². The fourth-order valence-corrected chi connectivity index (χ4v) is 4.52. The number of benzene rings is 3. The number of ether oxygens (including phenoxy) is 2. The van der Waals surface area contributed by atoms with E-state index < -0.39 is 11.1 Å². The number of amides is 2. The van der Waals surface area contributed by atoms with Crippen molar-refractivity contribution in [3.05, 3.63) is 92.8 Å². The molecule has 1 heterocycles. The summed E-state index contributed by atoms with van der Waals surface area (Å²) in [6.07, 6.45) is 1.66. The molecule has 8 heteroatoms. The van der Waals surface area contributed by atoms with Crippen molar-refractivity contribution in [2.75, 3.05) is 11.5 Å². The molecule has 0 spiro atoms. The number of anilines is 1. The monoisotopic (exact) mass is 499 g/mol. The second kappa shape index (κ2) is 10.3.